The zero-order valence-corrected chi connectivity index (χ0v) is 16.9. The maximum atomic E-state index is 12.4. The number of alkyl carbamates (subject to hydrolysis) is 1. The smallest absolute Gasteiger partial charge is 0.408 e. The summed E-state index contributed by atoms with van der Waals surface area (Å²) in [5.74, 6) is -0.299. The number of carbonyl (C=O) groups excluding carboxylic acids is 3. The average Bonchev–Trinajstić information content (AvgIpc) is 2.65. The summed E-state index contributed by atoms with van der Waals surface area (Å²) in [6, 6.07) is 8.64. The van der Waals surface area contributed by atoms with Gasteiger partial charge in [-0.1, -0.05) is 44.2 Å². The molecular weight excluding hydrogens is 360 g/mol. The lowest BCUT2D eigenvalue weighted by Crippen LogP contribution is -2.47. The van der Waals surface area contributed by atoms with Crippen LogP contribution in [0.25, 0.3) is 0 Å². The minimum atomic E-state index is -0.939. The third kappa shape index (κ3) is 10.1. The number of amides is 2. The van der Waals surface area contributed by atoms with Crippen molar-refractivity contribution in [2.45, 2.75) is 65.2 Å². The van der Waals surface area contributed by atoms with Crippen LogP contribution >= 0.6 is 0 Å². The Morgan fingerprint density at radius 2 is 1.79 bits per heavy atom. The van der Waals surface area contributed by atoms with Crippen LogP contribution < -0.4 is 10.6 Å². The molecule has 2 amide bonds. The highest BCUT2D eigenvalue weighted by Crippen LogP contribution is 2.07. The van der Waals surface area contributed by atoms with Gasteiger partial charge in [-0.3, -0.25) is 9.59 Å². The first-order valence-electron chi connectivity index (χ1n) is 9.73. The molecule has 0 saturated heterocycles. The van der Waals surface area contributed by atoms with Crippen molar-refractivity contribution >= 4 is 17.8 Å². The van der Waals surface area contributed by atoms with Gasteiger partial charge in [-0.25, -0.2) is 4.79 Å². The number of rotatable bonds is 12. The minimum Gasteiger partial charge on any atom is -0.445 e. The predicted molar refractivity (Wildman–Crippen MR) is 107 cm³/mol. The number of benzene rings is 1. The molecule has 0 aliphatic carbocycles. The third-order valence-corrected chi connectivity index (χ3v) is 4.20. The van der Waals surface area contributed by atoms with E-state index in [-0.39, 0.29) is 24.2 Å². The van der Waals surface area contributed by atoms with E-state index in [1.807, 2.05) is 44.2 Å². The Morgan fingerprint density at radius 3 is 2.39 bits per heavy atom. The number of Topliss-reactive ketones (excluding diaryl/α,β-unsaturated/α-hetero) is 1. The van der Waals surface area contributed by atoms with Gasteiger partial charge in [0.1, 0.15) is 18.8 Å². The van der Waals surface area contributed by atoms with Crippen LogP contribution in [0.1, 0.15) is 52.0 Å². The Labute approximate surface area is 166 Å². The van der Waals surface area contributed by atoms with Crippen LogP contribution in [-0.4, -0.2) is 41.6 Å². The second-order valence-corrected chi connectivity index (χ2v) is 7.30. The lowest BCUT2D eigenvalue weighted by atomic mass is 10.0. The third-order valence-electron chi connectivity index (χ3n) is 4.20. The minimum absolute atomic E-state index is 0.140. The molecule has 0 saturated carbocycles. The van der Waals surface area contributed by atoms with E-state index in [4.69, 9.17) is 4.74 Å². The van der Waals surface area contributed by atoms with Gasteiger partial charge in [0, 0.05) is 6.54 Å². The van der Waals surface area contributed by atoms with E-state index in [9.17, 15) is 19.5 Å². The van der Waals surface area contributed by atoms with Crippen LogP contribution in [0.15, 0.2) is 30.3 Å². The number of aliphatic hydroxyl groups excluding tert-OH is 1. The Morgan fingerprint density at radius 1 is 1.11 bits per heavy atom. The molecule has 7 heteroatoms. The van der Waals surface area contributed by atoms with Crippen molar-refractivity contribution in [1.82, 2.24) is 10.6 Å². The summed E-state index contributed by atoms with van der Waals surface area (Å²) in [6.45, 7) is 5.85. The Bertz CT molecular complexity index is 618. The molecule has 0 heterocycles. The van der Waals surface area contributed by atoms with Crippen molar-refractivity contribution in [2.24, 2.45) is 5.92 Å². The monoisotopic (exact) mass is 392 g/mol. The predicted octanol–water partition coefficient (Wildman–Crippen LogP) is 2.56. The zero-order valence-electron chi connectivity index (χ0n) is 16.9. The van der Waals surface area contributed by atoms with Gasteiger partial charge in [0.2, 0.25) is 5.91 Å². The van der Waals surface area contributed by atoms with E-state index in [0.29, 0.717) is 32.2 Å². The summed E-state index contributed by atoms with van der Waals surface area (Å²) in [7, 11) is 0. The van der Waals surface area contributed by atoms with E-state index in [1.54, 1.807) is 0 Å². The van der Waals surface area contributed by atoms with Gasteiger partial charge in [0.25, 0.3) is 0 Å². The van der Waals surface area contributed by atoms with Crippen molar-refractivity contribution in [2.75, 3.05) is 6.54 Å². The lowest BCUT2D eigenvalue weighted by molar-refractivity contribution is -0.125. The molecule has 0 aliphatic heterocycles. The Kier molecular flexibility index (Phi) is 10.9. The van der Waals surface area contributed by atoms with Crippen molar-refractivity contribution < 1.29 is 24.2 Å². The van der Waals surface area contributed by atoms with Crippen LogP contribution in [0.4, 0.5) is 4.79 Å². The van der Waals surface area contributed by atoms with Crippen LogP contribution in [0.5, 0.6) is 0 Å². The molecule has 7 nitrogen and oxygen atoms in total. The van der Waals surface area contributed by atoms with Crippen molar-refractivity contribution in [3.63, 3.8) is 0 Å². The van der Waals surface area contributed by atoms with E-state index in [0.717, 1.165) is 5.56 Å². The summed E-state index contributed by atoms with van der Waals surface area (Å²) in [4.78, 5) is 35.4. The van der Waals surface area contributed by atoms with E-state index in [1.165, 1.54) is 6.92 Å². The second-order valence-electron chi connectivity index (χ2n) is 7.30. The first kappa shape index (κ1) is 23.6. The number of hydrogen-bond acceptors (Lipinski definition) is 5. The fraction of sp³-hybridized carbons (Fsp3) is 0.571. The summed E-state index contributed by atoms with van der Waals surface area (Å²) < 4.78 is 5.19. The number of unbranched alkanes of at least 4 members (excludes halogenated alkanes) is 1. The first-order chi connectivity index (χ1) is 13.3. The first-order valence-corrected chi connectivity index (χ1v) is 9.73. The SMILES string of the molecule is CC(=O)C(O)CCCCNC(=O)[C@H](CC(C)C)NC(=O)OCc1ccccc1. The van der Waals surface area contributed by atoms with Crippen molar-refractivity contribution in [1.29, 1.82) is 0 Å². The van der Waals surface area contributed by atoms with Gasteiger partial charge in [0.05, 0.1) is 0 Å². The molecule has 0 spiro atoms. The van der Waals surface area contributed by atoms with E-state index >= 15 is 0 Å². The Balaban J connectivity index is 2.40. The highest BCUT2D eigenvalue weighted by molar-refractivity contribution is 5.85. The lowest BCUT2D eigenvalue weighted by Gasteiger charge is -2.20. The van der Waals surface area contributed by atoms with Gasteiger partial charge in [-0.2, -0.15) is 0 Å². The summed E-state index contributed by atoms with van der Waals surface area (Å²) in [5.41, 5.74) is 0.871. The fourth-order valence-electron chi connectivity index (χ4n) is 2.61. The second kappa shape index (κ2) is 12.9. The van der Waals surface area contributed by atoms with Crippen molar-refractivity contribution in [3.8, 4) is 0 Å². The van der Waals surface area contributed by atoms with Crippen molar-refractivity contribution in [3.05, 3.63) is 35.9 Å². The van der Waals surface area contributed by atoms with E-state index < -0.39 is 18.2 Å². The number of nitrogens with one attached hydrogen (secondary N) is 2. The highest BCUT2D eigenvalue weighted by Gasteiger charge is 2.22. The van der Waals surface area contributed by atoms with Crippen LogP contribution in [0.3, 0.4) is 0 Å². The fourth-order valence-corrected chi connectivity index (χ4v) is 2.61. The van der Waals surface area contributed by atoms with Crippen LogP contribution in [0.2, 0.25) is 0 Å². The number of ether oxygens (including phenoxy) is 1. The van der Waals surface area contributed by atoms with Crippen LogP contribution in [-0.2, 0) is 20.9 Å². The molecule has 3 N–H and O–H groups in total. The topological polar surface area (TPSA) is 105 Å². The largest absolute Gasteiger partial charge is 0.445 e. The molecule has 2 atom stereocenters. The molecular formula is C21H32N2O5. The molecule has 0 bridgehead atoms. The molecule has 0 fully saturated rings. The summed E-state index contributed by atoms with van der Waals surface area (Å²) >= 11 is 0. The van der Waals surface area contributed by atoms with E-state index in [2.05, 4.69) is 10.6 Å². The average molecular weight is 392 g/mol. The van der Waals surface area contributed by atoms with Gasteiger partial charge >= 0.3 is 6.09 Å². The molecule has 0 radical (unpaired) electrons. The van der Waals surface area contributed by atoms with Gasteiger partial charge in [0.15, 0.2) is 5.78 Å². The molecule has 1 aromatic rings. The zero-order chi connectivity index (χ0) is 20.9. The maximum absolute atomic E-state index is 12.4. The van der Waals surface area contributed by atoms with Gasteiger partial charge in [-0.15, -0.1) is 0 Å². The van der Waals surface area contributed by atoms with Gasteiger partial charge in [-0.05, 0) is 44.1 Å². The number of hydrogen-bond donors (Lipinski definition) is 3. The summed E-state index contributed by atoms with van der Waals surface area (Å²) in [6.07, 6.45) is 0.574. The number of aliphatic hydroxyl groups is 1. The maximum Gasteiger partial charge on any atom is 0.408 e. The molecule has 1 aromatic carbocycles. The molecule has 1 rings (SSSR count). The molecule has 28 heavy (non-hydrogen) atoms. The number of carbonyl (C=O) groups is 3. The number of ketones is 1. The molecule has 1 unspecified atom stereocenters. The standard InChI is InChI=1S/C21H32N2O5/c1-15(2)13-18(20(26)22-12-8-7-11-19(25)16(3)24)23-21(27)28-14-17-9-5-4-6-10-17/h4-6,9-10,15,18-19,25H,7-8,11-14H2,1-3H3,(H,22,26)(H,23,27)/t18-,19?/m0/s1. The normalized spacial score (nSPS) is 12.9. The molecule has 0 aromatic heterocycles. The Hall–Kier alpha value is -2.41. The summed E-state index contributed by atoms with van der Waals surface area (Å²) in [5, 5.41) is 14.9. The highest BCUT2D eigenvalue weighted by atomic mass is 16.5. The quantitative estimate of drug-likeness (QED) is 0.474. The van der Waals surface area contributed by atoms with Gasteiger partial charge < -0.3 is 20.5 Å². The molecule has 0 aliphatic rings. The van der Waals surface area contributed by atoms with Crippen LogP contribution in [0, 0.1) is 5.92 Å². The molecule has 156 valence electrons.